The Morgan fingerprint density at radius 1 is 0.902 bits per heavy atom. The first-order chi connectivity index (χ1) is 20.0. The van der Waals surface area contributed by atoms with E-state index in [2.05, 4.69) is 38.9 Å². The number of carbonyl (C=O) groups excluding carboxylic acids is 1. The smallest absolute Gasteiger partial charge is 0.362 e. The van der Waals surface area contributed by atoms with Gasteiger partial charge in [-0.15, -0.1) is 0 Å². The van der Waals surface area contributed by atoms with Crippen LogP contribution < -0.4 is 0 Å². The summed E-state index contributed by atoms with van der Waals surface area (Å²) < 4.78 is 17.6. The highest BCUT2D eigenvalue weighted by Gasteiger charge is 2.41. The van der Waals surface area contributed by atoms with Gasteiger partial charge in [-0.2, -0.15) is 0 Å². The summed E-state index contributed by atoms with van der Waals surface area (Å²) in [6.07, 6.45) is 17.3. The first-order valence-corrected chi connectivity index (χ1v) is 16.3. The summed E-state index contributed by atoms with van der Waals surface area (Å²) in [6, 6.07) is 6.07. The molecule has 41 heavy (non-hydrogen) atoms. The number of ether oxygens (including phenoxy) is 3. The topological polar surface area (TPSA) is 89.7 Å². The van der Waals surface area contributed by atoms with Crippen molar-refractivity contribution in [3.63, 3.8) is 0 Å². The summed E-state index contributed by atoms with van der Waals surface area (Å²) in [4.78, 5) is 18.2. The van der Waals surface area contributed by atoms with Gasteiger partial charge in [0.2, 0.25) is 11.5 Å². The number of fused-ring (bicyclic) bond motifs is 1. The van der Waals surface area contributed by atoms with Crippen molar-refractivity contribution in [2.75, 3.05) is 26.4 Å². The van der Waals surface area contributed by atoms with Crippen LogP contribution in [0.25, 0.3) is 0 Å². The van der Waals surface area contributed by atoms with E-state index in [9.17, 15) is 10.0 Å². The van der Waals surface area contributed by atoms with Crippen molar-refractivity contribution in [2.24, 2.45) is 10.1 Å². The lowest BCUT2D eigenvalue weighted by atomic mass is 9.68. The average Bonchev–Trinajstić information content (AvgIpc) is 3.44. The van der Waals surface area contributed by atoms with Gasteiger partial charge in [0.15, 0.2) is 0 Å². The summed E-state index contributed by atoms with van der Waals surface area (Å²) >= 11 is 0. The van der Waals surface area contributed by atoms with Crippen LogP contribution in [0.2, 0.25) is 0 Å². The molecule has 0 radical (unpaired) electrons. The molecule has 0 aliphatic carbocycles. The van der Waals surface area contributed by atoms with Crippen LogP contribution in [0.4, 0.5) is 0 Å². The second kappa shape index (κ2) is 17.0. The zero-order chi connectivity index (χ0) is 29.6. The molecule has 7 heteroatoms. The Balaban J connectivity index is 1.60. The van der Waals surface area contributed by atoms with E-state index in [-0.39, 0.29) is 17.7 Å². The van der Waals surface area contributed by atoms with E-state index in [0.29, 0.717) is 31.9 Å². The van der Waals surface area contributed by atoms with Crippen molar-refractivity contribution in [3.8, 4) is 0 Å². The maximum absolute atomic E-state index is 13.3. The minimum Gasteiger partial charge on any atom is -0.455 e. The summed E-state index contributed by atoms with van der Waals surface area (Å²) in [5.74, 6) is -1.64. The van der Waals surface area contributed by atoms with Gasteiger partial charge in [-0.25, -0.2) is 4.79 Å². The van der Waals surface area contributed by atoms with E-state index in [1.54, 1.807) is 0 Å². The van der Waals surface area contributed by atoms with Crippen LogP contribution >= 0.6 is 0 Å². The predicted octanol–water partition coefficient (Wildman–Crippen LogP) is 8.06. The first-order valence-electron chi connectivity index (χ1n) is 16.3. The van der Waals surface area contributed by atoms with Crippen molar-refractivity contribution in [1.82, 2.24) is 0 Å². The molecule has 0 bridgehead atoms. The van der Waals surface area contributed by atoms with Gasteiger partial charge in [0, 0.05) is 23.9 Å². The number of benzene rings is 1. The van der Waals surface area contributed by atoms with Gasteiger partial charge in [-0.3, -0.25) is 4.99 Å². The Kier molecular flexibility index (Phi) is 13.8. The molecule has 1 N–H and O–H groups in total. The summed E-state index contributed by atoms with van der Waals surface area (Å²) in [5, 5.41) is 13.4. The number of hydrogen-bond acceptors (Lipinski definition) is 7. The molecule has 2 heterocycles. The molecule has 2 aliphatic heterocycles. The molecule has 0 saturated carbocycles. The molecule has 1 aromatic rings. The van der Waals surface area contributed by atoms with Crippen molar-refractivity contribution >= 4 is 17.4 Å². The Bertz CT molecular complexity index is 1010. The van der Waals surface area contributed by atoms with E-state index in [1.807, 2.05) is 12.1 Å². The van der Waals surface area contributed by atoms with Crippen molar-refractivity contribution in [1.29, 1.82) is 0 Å². The van der Waals surface area contributed by atoms with Gasteiger partial charge >= 0.3 is 5.97 Å². The lowest BCUT2D eigenvalue weighted by Gasteiger charge is -2.39. The van der Waals surface area contributed by atoms with E-state index < -0.39 is 11.8 Å². The molecule has 0 spiro atoms. The number of aliphatic imine (C=N–C) groups is 1. The molecule has 7 nitrogen and oxygen atoms in total. The Morgan fingerprint density at radius 2 is 1.51 bits per heavy atom. The fourth-order valence-electron chi connectivity index (χ4n) is 6.76. The van der Waals surface area contributed by atoms with Gasteiger partial charge in [0.1, 0.15) is 12.3 Å². The van der Waals surface area contributed by atoms with E-state index in [1.165, 1.54) is 62.5 Å². The van der Waals surface area contributed by atoms with Crippen molar-refractivity contribution in [3.05, 3.63) is 34.9 Å². The number of hydrogen-bond donors (Lipinski definition) is 1. The van der Waals surface area contributed by atoms with E-state index in [0.717, 1.165) is 44.1 Å². The van der Waals surface area contributed by atoms with Gasteiger partial charge < -0.3 is 19.4 Å². The number of aryl methyl sites for hydroxylation is 1. The highest BCUT2D eigenvalue weighted by Crippen LogP contribution is 2.42. The van der Waals surface area contributed by atoms with Crippen molar-refractivity contribution < 1.29 is 24.2 Å². The Morgan fingerprint density at radius 3 is 2.10 bits per heavy atom. The number of esters is 1. The molecular weight excluding hydrogens is 516 g/mol. The van der Waals surface area contributed by atoms with Crippen LogP contribution in [0.1, 0.15) is 134 Å². The third-order valence-corrected chi connectivity index (χ3v) is 8.72. The van der Waals surface area contributed by atoms with Crippen LogP contribution in [-0.4, -0.2) is 54.8 Å². The van der Waals surface area contributed by atoms with Gasteiger partial charge in [0.25, 0.3) is 0 Å². The fraction of sp³-hybridized carbons (Fsp3) is 0.735. The van der Waals surface area contributed by atoms with Crippen LogP contribution in [0.5, 0.6) is 0 Å². The van der Waals surface area contributed by atoms with Crippen LogP contribution in [0, 0.1) is 6.92 Å². The maximum atomic E-state index is 13.3. The molecule has 2 aliphatic rings. The van der Waals surface area contributed by atoms with Gasteiger partial charge in [-0.05, 0) is 37.3 Å². The van der Waals surface area contributed by atoms with Crippen LogP contribution in [-0.2, 0) is 24.4 Å². The second-order valence-corrected chi connectivity index (χ2v) is 12.0. The summed E-state index contributed by atoms with van der Waals surface area (Å²) in [6.45, 7) is 10.2. The maximum Gasteiger partial charge on any atom is 0.362 e. The minimum atomic E-state index is -0.934. The Labute approximate surface area is 248 Å². The lowest BCUT2D eigenvalue weighted by Crippen LogP contribution is -2.42. The van der Waals surface area contributed by atoms with Crippen molar-refractivity contribution in [2.45, 2.75) is 135 Å². The lowest BCUT2D eigenvalue weighted by molar-refractivity contribution is -0.199. The Hall–Kier alpha value is -2.25. The second-order valence-electron chi connectivity index (χ2n) is 12.0. The number of nitrogens with zero attached hydrogens (tertiary/aromatic N) is 2. The van der Waals surface area contributed by atoms with E-state index in [4.69, 9.17) is 19.2 Å². The molecule has 1 saturated heterocycles. The molecular formula is C34H54N2O5. The summed E-state index contributed by atoms with van der Waals surface area (Å²) in [7, 11) is 0. The van der Waals surface area contributed by atoms with Gasteiger partial charge in [-0.1, -0.05) is 115 Å². The normalized spacial score (nSPS) is 17.8. The zero-order valence-corrected chi connectivity index (χ0v) is 26.1. The quantitative estimate of drug-likeness (QED) is 0.0597. The van der Waals surface area contributed by atoms with E-state index >= 15 is 0 Å². The third kappa shape index (κ3) is 8.87. The number of carbonyl (C=O) groups is 1. The third-order valence-electron chi connectivity index (χ3n) is 8.72. The van der Waals surface area contributed by atoms with Crippen LogP contribution in [0.15, 0.2) is 28.3 Å². The highest BCUT2D eigenvalue weighted by atomic mass is 16.8. The number of unbranched alkanes of at least 4 members (excludes halogenated alkanes) is 9. The molecule has 1 fully saturated rings. The molecule has 0 unspecified atom stereocenters. The predicted molar refractivity (Wildman–Crippen MR) is 165 cm³/mol. The molecule has 0 amide bonds. The minimum absolute atomic E-state index is 0.0359. The molecule has 230 valence electrons. The highest BCUT2D eigenvalue weighted by molar-refractivity contribution is 6.69. The monoisotopic (exact) mass is 570 g/mol. The largest absolute Gasteiger partial charge is 0.455 e. The van der Waals surface area contributed by atoms with Gasteiger partial charge in [0.05, 0.1) is 13.2 Å². The fourth-order valence-corrected chi connectivity index (χ4v) is 6.76. The number of rotatable bonds is 19. The summed E-state index contributed by atoms with van der Waals surface area (Å²) in [5.41, 5.74) is 3.40. The molecule has 1 aromatic carbocycles. The average molecular weight is 571 g/mol. The zero-order valence-electron chi connectivity index (χ0n) is 26.1. The standard InChI is InChI=1S/C34H54N2O5/c1-5-8-9-10-11-12-13-14-15-16-22-34(40-23-24-41-34)26-39-32(37)31(36-38)30-28-19-17-18-27(4)29(28)33(20-6-2,21-7-3)25-35-30/h17-19,38H,5-16,20-26H2,1-4H3. The SMILES string of the molecule is CCCCCCCCCCCCC1(COC(=O)C(=NO)C2=NCC(CCC)(CCC)c3c(C)cccc32)OCCO1. The molecule has 0 aromatic heterocycles. The van der Waals surface area contributed by atoms with Crippen LogP contribution in [0.3, 0.4) is 0 Å². The molecule has 3 rings (SSSR count). The number of oxime groups is 1. The molecule has 0 atom stereocenters. The first kappa shape index (κ1) is 33.3.